The first-order chi connectivity index (χ1) is 25.3. The van der Waals surface area contributed by atoms with Gasteiger partial charge < -0.3 is 4.42 Å². The zero-order valence-electron chi connectivity index (χ0n) is 27.5. The number of nitrogens with zero attached hydrogens (tertiary/aromatic N) is 3. The summed E-state index contributed by atoms with van der Waals surface area (Å²) in [6.45, 7) is 0. The van der Waals surface area contributed by atoms with Crippen LogP contribution in [0.15, 0.2) is 180 Å². The minimum atomic E-state index is 0.603. The highest BCUT2D eigenvalue weighted by Gasteiger charge is 2.20. The molecule has 238 valence electrons. The molecule has 0 atom stereocenters. The normalized spacial score (nSPS) is 11.5. The quantitative estimate of drug-likeness (QED) is 0.186. The molecule has 10 aromatic rings. The van der Waals surface area contributed by atoms with Crippen LogP contribution in [0.3, 0.4) is 0 Å². The van der Waals surface area contributed by atoms with Crippen molar-refractivity contribution in [1.29, 1.82) is 0 Å². The molecule has 51 heavy (non-hydrogen) atoms. The summed E-state index contributed by atoms with van der Waals surface area (Å²) in [7, 11) is 0. The van der Waals surface area contributed by atoms with Crippen LogP contribution in [0.2, 0.25) is 0 Å². The van der Waals surface area contributed by atoms with Crippen molar-refractivity contribution in [2.45, 2.75) is 0 Å². The highest BCUT2D eigenvalue weighted by atomic mass is 16.3. The maximum atomic E-state index is 6.83. The van der Waals surface area contributed by atoms with Gasteiger partial charge in [0.1, 0.15) is 11.2 Å². The molecular formula is C47H29N3O. The van der Waals surface area contributed by atoms with Gasteiger partial charge >= 0.3 is 0 Å². The van der Waals surface area contributed by atoms with Crippen molar-refractivity contribution in [3.8, 4) is 56.4 Å². The van der Waals surface area contributed by atoms with E-state index in [9.17, 15) is 0 Å². The van der Waals surface area contributed by atoms with E-state index in [0.29, 0.717) is 17.5 Å². The van der Waals surface area contributed by atoms with Crippen LogP contribution in [0.5, 0.6) is 0 Å². The molecule has 0 unspecified atom stereocenters. The first-order valence-electron chi connectivity index (χ1n) is 17.1. The number of hydrogen-bond acceptors (Lipinski definition) is 4. The number of aromatic nitrogens is 3. The van der Waals surface area contributed by atoms with Crippen molar-refractivity contribution >= 4 is 43.5 Å². The van der Waals surface area contributed by atoms with E-state index >= 15 is 0 Å². The maximum Gasteiger partial charge on any atom is 0.164 e. The van der Waals surface area contributed by atoms with E-state index in [4.69, 9.17) is 19.4 Å². The van der Waals surface area contributed by atoms with Gasteiger partial charge in [0.05, 0.1) is 0 Å². The van der Waals surface area contributed by atoms with Gasteiger partial charge in [-0.2, -0.15) is 0 Å². The van der Waals surface area contributed by atoms with Crippen LogP contribution in [-0.2, 0) is 0 Å². The van der Waals surface area contributed by atoms with Crippen LogP contribution in [-0.4, -0.2) is 15.0 Å². The second-order valence-electron chi connectivity index (χ2n) is 12.8. The first kappa shape index (κ1) is 29.0. The smallest absolute Gasteiger partial charge is 0.164 e. The summed E-state index contributed by atoms with van der Waals surface area (Å²) in [5.41, 5.74) is 8.95. The van der Waals surface area contributed by atoms with Crippen LogP contribution in [0, 0.1) is 0 Å². The average molecular weight is 652 g/mol. The lowest BCUT2D eigenvalue weighted by Crippen LogP contribution is -2.00. The van der Waals surface area contributed by atoms with Gasteiger partial charge in [-0.3, -0.25) is 0 Å². The van der Waals surface area contributed by atoms with Gasteiger partial charge in [-0.1, -0.05) is 164 Å². The Morgan fingerprint density at radius 1 is 0.333 bits per heavy atom. The molecule has 0 bridgehead atoms. The molecule has 0 aliphatic rings. The van der Waals surface area contributed by atoms with E-state index in [0.717, 1.165) is 60.5 Å². The van der Waals surface area contributed by atoms with Gasteiger partial charge in [0.25, 0.3) is 0 Å². The molecule has 0 spiro atoms. The zero-order chi connectivity index (χ0) is 33.7. The standard InChI is InChI=1S/C47H29N3O/c1-3-13-33(14-4-1)45-48-46(34-15-5-2-6-16-34)50-47(49-45)41-29-42-43(39-19-10-9-18-38(39)41)40-21-11-20-37(44(40)51-42)32-25-22-31(23-26-32)36-27-24-30-12-7-8-17-35(30)28-36/h1-29H. The third kappa shape index (κ3) is 5.04. The Hall–Kier alpha value is -6.91. The second-order valence-corrected chi connectivity index (χ2v) is 12.8. The zero-order valence-corrected chi connectivity index (χ0v) is 27.5. The summed E-state index contributed by atoms with van der Waals surface area (Å²) >= 11 is 0. The molecule has 8 aromatic carbocycles. The summed E-state index contributed by atoms with van der Waals surface area (Å²) < 4.78 is 6.83. The van der Waals surface area contributed by atoms with Crippen LogP contribution < -0.4 is 0 Å². The lowest BCUT2D eigenvalue weighted by molar-refractivity contribution is 0.670. The largest absolute Gasteiger partial charge is 0.455 e. The Labute approximate surface area is 294 Å². The molecule has 0 amide bonds. The molecule has 0 aliphatic heterocycles. The molecule has 0 radical (unpaired) electrons. The number of fused-ring (bicyclic) bond motifs is 6. The van der Waals surface area contributed by atoms with Crippen LogP contribution in [0.1, 0.15) is 0 Å². The lowest BCUT2D eigenvalue weighted by Gasteiger charge is -2.11. The number of benzene rings is 8. The fraction of sp³-hybridized carbons (Fsp3) is 0. The van der Waals surface area contributed by atoms with Crippen molar-refractivity contribution in [2.24, 2.45) is 0 Å². The second kappa shape index (κ2) is 11.9. The van der Waals surface area contributed by atoms with E-state index in [-0.39, 0.29) is 0 Å². The van der Waals surface area contributed by atoms with E-state index in [1.54, 1.807) is 0 Å². The molecule has 0 N–H and O–H groups in total. The predicted octanol–water partition coefficient (Wildman–Crippen LogP) is 12.4. The van der Waals surface area contributed by atoms with Gasteiger partial charge in [-0.05, 0) is 50.4 Å². The Kier molecular flexibility index (Phi) is 6.78. The molecule has 0 fully saturated rings. The molecule has 10 rings (SSSR count). The highest BCUT2D eigenvalue weighted by Crippen LogP contribution is 2.42. The third-order valence-corrected chi connectivity index (χ3v) is 9.72. The summed E-state index contributed by atoms with van der Waals surface area (Å²) in [5.74, 6) is 1.86. The highest BCUT2D eigenvalue weighted by molar-refractivity contribution is 6.23. The molecule has 2 aromatic heterocycles. The Bertz CT molecular complexity index is 2840. The van der Waals surface area contributed by atoms with Crippen molar-refractivity contribution in [2.75, 3.05) is 0 Å². The summed E-state index contributed by atoms with van der Waals surface area (Å²) in [4.78, 5) is 15.0. The molecule has 4 nitrogen and oxygen atoms in total. The van der Waals surface area contributed by atoms with Crippen molar-refractivity contribution < 1.29 is 4.42 Å². The number of para-hydroxylation sites is 1. The average Bonchev–Trinajstić information content (AvgIpc) is 3.60. The molecule has 4 heteroatoms. The number of rotatable bonds is 5. The first-order valence-corrected chi connectivity index (χ1v) is 17.1. The van der Waals surface area contributed by atoms with E-state index in [2.05, 4.69) is 115 Å². The fourth-order valence-corrected chi connectivity index (χ4v) is 7.21. The van der Waals surface area contributed by atoms with Crippen molar-refractivity contribution in [3.63, 3.8) is 0 Å². The molecule has 0 saturated heterocycles. The monoisotopic (exact) mass is 651 g/mol. The number of hydrogen-bond donors (Lipinski definition) is 0. The Morgan fingerprint density at radius 2 is 0.902 bits per heavy atom. The molecule has 2 heterocycles. The SMILES string of the molecule is c1ccc(-c2nc(-c3ccccc3)nc(-c3cc4oc5c(-c6ccc(-c7ccc8ccccc8c7)cc6)cccc5c4c4ccccc34)n2)cc1. The van der Waals surface area contributed by atoms with Gasteiger partial charge in [-0.25, -0.2) is 15.0 Å². The van der Waals surface area contributed by atoms with Crippen molar-refractivity contribution in [3.05, 3.63) is 176 Å². The molecule has 0 aliphatic carbocycles. The van der Waals surface area contributed by atoms with Gasteiger partial charge in [0, 0.05) is 33.0 Å². The molecular weight excluding hydrogens is 623 g/mol. The van der Waals surface area contributed by atoms with Gasteiger partial charge in [0.2, 0.25) is 0 Å². The van der Waals surface area contributed by atoms with E-state index in [1.165, 1.54) is 21.9 Å². The Morgan fingerprint density at radius 3 is 1.63 bits per heavy atom. The predicted molar refractivity (Wildman–Crippen MR) is 209 cm³/mol. The van der Waals surface area contributed by atoms with Crippen LogP contribution in [0.25, 0.3) is 99.9 Å². The minimum Gasteiger partial charge on any atom is -0.455 e. The van der Waals surface area contributed by atoms with Gasteiger partial charge in [0.15, 0.2) is 17.5 Å². The lowest BCUT2D eigenvalue weighted by atomic mass is 9.96. The minimum absolute atomic E-state index is 0.603. The number of furan rings is 1. The summed E-state index contributed by atoms with van der Waals surface area (Å²) in [5, 5.41) is 6.79. The molecule has 0 saturated carbocycles. The van der Waals surface area contributed by atoms with Crippen molar-refractivity contribution in [1.82, 2.24) is 15.0 Å². The third-order valence-electron chi connectivity index (χ3n) is 9.72. The van der Waals surface area contributed by atoms with Crippen LogP contribution >= 0.6 is 0 Å². The fourth-order valence-electron chi connectivity index (χ4n) is 7.21. The van der Waals surface area contributed by atoms with Crippen LogP contribution in [0.4, 0.5) is 0 Å². The van der Waals surface area contributed by atoms with Gasteiger partial charge in [-0.15, -0.1) is 0 Å². The van der Waals surface area contributed by atoms with E-state index in [1.807, 2.05) is 60.7 Å². The summed E-state index contributed by atoms with van der Waals surface area (Å²) in [6.07, 6.45) is 0. The Balaban J connectivity index is 1.14. The maximum absolute atomic E-state index is 6.83. The topological polar surface area (TPSA) is 51.8 Å². The van der Waals surface area contributed by atoms with E-state index < -0.39 is 0 Å². The summed E-state index contributed by atoms with van der Waals surface area (Å²) in [6, 6.07) is 61.0.